The van der Waals surface area contributed by atoms with E-state index in [-0.39, 0.29) is 42.0 Å². The van der Waals surface area contributed by atoms with Gasteiger partial charge in [0.25, 0.3) is 5.91 Å². The molecule has 1 aromatic carbocycles. The molecule has 4 aliphatic rings. The maximum absolute atomic E-state index is 13.4. The van der Waals surface area contributed by atoms with Crippen LogP contribution in [0.5, 0.6) is 0 Å². The minimum atomic E-state index is -0.637. The van der Waals surface area contributed by atoms with Gasteiger partial charge in [0.2, 0.25) is 11.8 Å². The van der Waals surface area contributed by atoms with Gasteiger partial charge in [-0.25, -0.2) is 9.89 Å². The number of aliphatic imine (C=N–C) groups is 2. The largest absolute Gasteiger partial charge is 0.376 e. The topological polar surface area (TPSA) is 112 Å². The van der Waals surface area contributed by atoms with E-state index in [0.717, 1.165) is 56.4 Å². The number of thioether (sulfide) groups is 1. The monoisotopic (exact) mass is 511 g/mol. The lowest BCUT2D eigenvalue weighted by Crippen LogP contribution is -2.42. The molecule has 3 amide bonds. The summed E-state index contributed by atoms with van der Waals surface area (Å²) >= 11 is 1.22. The molecule has 1 aliphatic carbocycles. The molecule has 2 atom stereocenters. The maximum Gasteiger partial charge on any atom is 0.259 e. The molecule has 3 heterocycles. The molecule has 192 valence electrons. The molecule has 36 heavy (non-hydrogen) atoms. The first-order valence-electron chi connectivity index (χ1n) is 13.0. The van der Waals surface area contributed by atoms with E-state index < -0.39 is 6.04 Å². The zero-order chi connectivity index (χ0) is 24.9. The summed E-state index contributed by atoms with van der Waals surface area (Å²) in [6.45, 7) is 1.24. The van der Waals surface area contributed by atoms with Crippen LogP contribution in [0, 0.1) is 0 Å². The molecule has 9 nitrogen and oxygen atoms in total. The molecule has 5 rings (SSSR count). The number of nitrogens with one attached hydrogen (secondary N) is 2. The molecule has 0 unspecified atom stereocenters. The van der Waals surface area contributed by atoms with E-state index >= 15 is 0 Å². The van der Waals surface area contributed by atoms with Gasteiger partial charge >= 0.3 is 0 Å². The Balaban J connectivity index is 1.21. The third-order valence-electron chi connectivity index (χ3n) is 7.05. The van der Waals surface area contributed by atoms with Gasteiger partial charge in [0.15, 0.2) is 5.17 Å². The van der Waals surface area contributed by atoms with Gasteiger partial charge in [-0.05, 0) is 44.2 Å². The molecule has 2 fully saturated rings. The van der Waals surface area contributed by atoms with Crippen molar-refractivity contribution in [1.82, 2.24) is 15.5 Å². The van der Waals surface area contributed by atoms with E-state index in [1.165, 1.54) is 23.1 Å². The summed E-state index contributed by atoms with van der Waals surface area (Å²) in [5.41, 5.74) is 1.51. The highest BCUT2D eigenvalue weighted by molar-refractivity contribution is 8.14. The lowest BCUT2D eigenvalue weighted by atomic mass is 9.95. The van der Waals surface area contributed by atoms with Gasteiger partial charge in [-0.3, -0.25) is 19.4 Å². The average Bonchev–Trinajstić information content (AvgIpc) is 3.53. The standard InChI is InChI=1S/C26H33N5O4S/c32-22(28-17-7-2-1-3-8-17)13-12-21-25(34)31-24(29-21)19-10-4-5-11-20(19)30-26(31)36-16-23(33)27-15-18-9-6-14-35-18/h4-5,10-11,17-18,21H,1-3,6-9,12-16H2,(H,27,33)(H,28,32)/t18-,21-/m0/s1. The fourth-order valence-electron chi connectivity index (χ4n) is 5.12. The van der Waals surface area contributed by atoms with Crippen LogP contribution in [-0.4, -0.2) is 70.7 Å². The lowest BCUT2D eigenvalue weighted by molar-refractivity contribution is -0.125. The highest BCUT2D eigenvalue weighted by Gasteiger charge is 2.41. The predicted molar refractivity (Wildman–Crippen MR) is 139 cm³/mol. The summed E-state index contributed by atoms with van der Waals surface area (Å²) in [5, 5.41) is 6.47. The first kappa shape index (κ1) is 25.0. The number of nitrogens with zero attached hydrogens (tertiary/aromatic N) is 3. The summed E-state index contributed by atoms with van der Waals surface area (Å²) in [4.78, 5) is 49.3. The van der Waals surface area contributed by atoms with Crippen LogP contribution in [0.25, 0.3) is 0 Å². The quantitative estimate of drug-likeness (QED) is 0.557. The number of ether oxygens (including phenoxy) is 1. The Morgan fingerprint density at radius 2 is 1.92 bits per heavy atom. The van der Waals surface area contributed by atoms with Crippen molar-refractivity contribution in [1.29, 1.82) is 0 Å². The van der Waals surface area contributed by atoms with Crippen molar-refractivity contribution in [2.24, 2.45) is 9.98 Å². The Morgan fingerprint density at radius 3 is 2.72 bits per heavy atom. The number of carbonyl (C=O) groups is 3. The fourth-order valence-corrected chi connectivity index (χ4v) is 5.95. The van der Waals surface area contributed by atoms with Crippen LogP contribution in [0.3, 0.4) is 0 Å². The van der Waals surface area contributed by atoms with Crippen LogP contribution >= 0.6 is 11.8 Å². The van der Waals surface area contributed by atoms with E-state index in [0.29, 0.717) is 24.0 Å². The lowest BCUT2D eigenvalue weighted by Gasteiger charge is -2.25. The number of rotatable bonds is 8. The average molecular weight is 512 g/mol. The second-order valence-corrected chi connectivity index (χ2v) is 10.7. The van der Waals surface area contributed by atoms with Crippen LogP contribution in [0.2, 0.25) is 0 Å². The summed E-state index contributed by atoms with van der Waals surface area (Å²) in [5.74, 6) is 0.338. The molecule has 1 saturated heterocycles. The van der Waals surface area contributed by atoms with Crippen molar-refractivity contribution in [3.8, 4) is 0 Å². The van der Waals surface area contributed by atoms with Crippen LogP contribution in [0.4, 0.5) is 5.69 Å². The highest BCUT2D eigenvalue weighted by Crippen LogP contribution is 2.34. The van der Waals surface area contributed by atoms with Gasteiger partial charge in [-0.15, -0.1) is 0 Å². The molecular formula is C26H33N5O4S. The van der Waals surface area contributed by atoms with Gasteiger partial charge in [-0.2, -0.15) is 0 Å². The first-order chi connectivity index (χ1) is 17.6. The molecule has 0 spiro atoms. The van der Waals surface area contributed by atoms with Crippen molar-refractivity contribution in [3.63, 3.8) is 0 Å². The Morgan fingerprint density at radius 1 is 1.08 bits per heavy atom. The van der Waals surface area contributed by atoms with Crippen LogP contribution in [0.15, 0.2) is 34.3 Å². The normalized spacial score (nSPS) is 23.6. The van der Waals surface area contributed by atoms with Crippen LogP contribution in [-0.2, 0) is 19.1 Å². The predicted octanol–water partition coefficient (Wildman–Crippen LogP) is 2.90. The summed E-state index contributed by atoms with van der Waals surface area (Å²) in [7, 11) is 0. The third-order valence-corrected chi connectivity index (χ3v) is 7.98. The zero-order valence-electron chi connectivity index (χ0n) is 20.4. The van der Waals surface area contributed by atoms with Crippen molar-refractivity contribution >= 4 is 46.2 Å². The van der Waals surface area contributed by atoms with Crippen LogP contribution < -0.4 is 10.6 Å². The number of amidine groups is 2. The minimum absolute atomic E-state index is 0.0219. The number of carbonyl (C=O) groups excluding carboxylic acids is 3. The Bertz CT molecular complexity index is 1060. The molecule has 0 aromatic heterocycles. The molecular weight excluding hydrogens is 478 g/mol. The molecule has 0 radical (unpaired) electrons. The molecule has 1 aromatic rings. The highest BCUT2D eigenvalue weighted by atomic mass is 32.2. The van der Waals surface area contributed by atoms with Crippen LogP contribution in [0.1, 0.15) is 63.4 Å². The van der Waals surface area contributed by atoms with E-state index in [1.54, 1.807) is 0 Å². The molecule has 0 bridgehead atoms. The zero-order valence-corrected chi connectivity index (χ0v) is 21.2. The van der Waals surface area contributed by atoms with E-state index in [1.807, 2.05) is 24.3 Å². The second-order valence-electron chi connectivity index (χ2n) is 9.72. The summed E-state index contributed by atoms with van der Waals surface area (Å²) in [6.07, 6.45) is 8.25. The molecule has 10 heteroatoms. The number of hydrogen-bond donors (Lipinski definition) is 2. The summed E-state index contributed by atoms with van der Waals surface area (Å²) in [6, 6.07) is 7.16. The van der Waals surface area contributed by atoms with Crippen molar-refractivity contribution in [3.05, 3.63) is 29.8 Å². The van der Waals surface area contributed by atoms with Gasteiger partial charge in [0, 0.05) is 31.2 Å². The number of amides is 3. The fraction of sp³-hybridized carbons (Fsp3) is 0.577. The molecule has 3 aliphatic heterocycles. The molecule has 1 saturated carbocycles. The Labute approximate surface area is 215 Å². The number of fused-ring (bicyclic) bond motifs is 3. The SMILES string of the molecule is O=C(CSC1=Nc2ccccc2C2=N[C@@H](CCC(=O)NC3CCCCC3)C(=O)N12)NC[C@@H]1CCCO1. The maximum atomic E-state index is 13.4. The minimum Gasteiger partial charge on any atom is -0.376 e. The van der Waals surface area contributed by atoms with Gasteiger partial charge in [0.1, 0.15) is 11.9 Å². The smallest absolute Gasteiger partial charge is 0.259 e. The number of hydrogen-bond acceptors (Lipinski definition) is 7. The van der Waals surface area contributed by atoms with Crippen molar-refractivity contribution in [2.45, 2.75) is 76.0 Å². The van der Waals surface area contributed by atoms with Gasteiger partial charge < -0.3 is 15.4 Å². The van der Waals surface area contributed by atoms with E-state index in [9.17, 15) is 14.4 Å². The number of benzene rings is 1. The Hall–Kier alpha value is -2.72. The Kier molecular flexibility index (Phi) is 8.01. The number of para-hydroxylation sites is 1. The van der Waals surface area contributed by atoms with Crippen molar-refractivity contribution < 1.29 is 19.1 Å². The van der Waals surface area contributed by atoms with E-state index in [2.05, 4.69) is 15.6 Å². The van der Waals surface area contributed by atoms with Crippen molar-refractivity contribution in [2.75, 3.05) is 18.9 Å². The van der Waals surface area contributed by atoms with E-state index in [4.69, 9.17) is 9.73 Å². The summed E-state index contributed by atoms with van der Waals surface area (Å²) < 4.78 is 5.56. The van der Waals surface area contributed by atoms with Gasteiger partial charge in [-0.1, -0.05) is 43.2 Å². The van der Waals surface area contributed by atoms with Gasteiger partial charge in [0.05, 0.1) is 17.5 Å². The second kappa shape index (κ2) is 11.6. The first-order valence-corrected chi connectivity index (χ1v) is 14.0. The molecule has 2 N–H and O–H groups in total. The third kappa shape index (κ3) is 5.81.